The summed E-state index contributed by atoms with van der Waals surface area (Å²) in [5.41, 5.74) is 3.05. The topological polar surface area (TPSA) is 99.3 Å². The van der Waals surface area contributed by atoms with Gasteiger partial charge >= 0.3 is 5.97 Å². The largest absolute Gasteiger partial charge is 0.481 e. The third kappa shape index (κ3) is 5.17. The minimum Gasteiger partial charge on any atom is -0.481 e. The van der Waals surface area contributed by atoms with Crippen molar-refractivity contribution in [2.24, 2.45) is 0 Å². The van der Waals surface area contributed by atoms with Gasteiger partial charge in [0.1, 0.15) is 0 Å². The van der Waals surface area contributed by atoms with Crippen molar-refractivity contribution in [1.29, 1.82) is 0 Å². The quantitative estimate of drug-likeness (QED) is 0.590. The summed E-state index contributed by atoms with van der Waals surface area (Å²) in [4.78, 5) is 37.1. The molecule has 28 heavy (non-hydrogen) atoms. The third-order valence-corrected chi connectivity index (χ3v) is 4.35. The highest BCUT2D eigenvalue weighted by atomic mass is 16.4. The van der Waals surface area contributed by atoms with Crippen LogP contribution in [0.5, 0.6) is 0 Å². The van der Waals surface area contributed by atoms with E-state index in [1.54, 1.807) is 0 Å². The molecule has 3 aromatic rings. The average Bonchev–Trinajstić information content (AvgIpc) is 2.69. The van der Waals surface area contributed by atoms with E-state index in [1.807, 2.05) is 54.6 Å². The van der Waals surface area contributed by atoms with Crippen LogP contribution in [0.25, 0.3) is 11.1 Å². The molecular weight excluding hydrogens is 356 g/mol. The zero-order valence-corrected chi connectivity index (χ0v) is 15.1. The molecule has 3 rings (SSSR count). The Morgan fingerprint density at radius 2 is 1.61 bits per heavy atom. The fourth-order valence-electron chi connectivity index (χ4n) is 2.95. The van der Waals surface area contributed by atoms with E-state index in [9.17, 15) is 19.5 Å². The SMILES string of the molecule is O=C(O)C[C@@H](Cc1ccc(-c2ccccc2)cc1)NC(=O)c1ccc(=O)[nH]c1. The van der Waals surface area contributed by atoms with E-state index in [0.29, 0.717) is 6.42 Å². The van der Waals surface area contributed by atoms with E-state index < -0.39 is 17.9 Å². The van der Waals surface area contributed by atoms with Gasteiger partial charge in [-0.3, -0.25) is 14.4 Å². The summed E-state index contributed by atoms with van der Waals surface area (Å²) in [5, 5.41) is 11.9. The van der Waals surface area contributed by atoms with Crippen molar-refractivity contribution in [1.82, 2.24) is 10.3 Å². The number of carbonyl (C=O) groups excluding carboxylic acids is 1. The number of pyridine rings is 1. The minimum absolute atomic E-state index is 0.199. The molecule has 1 aromatic heterocycles. The lowest BCUT2D eigenvalue weighted by Crippen LogP contribution is -2.38. The molecule has 6 heteroatoms. The van der Waals surface area contributed by atoms with Gasteiger partial charge in [0.25, 0.3) is 5.91 Å². The molecule has 0 saturated heterocycles. The molecule has 0 aliphatic carbocycles. The Balaban J connectivity index is 1.71. The second-order valence-electron chi connectivity index (χ2n) is 6.48. The Kier molecular flexibility index (Phi) is 6.01. The Labute approximate surface area is 161 Å². The maximum absolute atomic E-state index is 12.4. The summed E-state index contributed by atoms with van der Waals surface area (Å²) in [7, 11) is 0. The number of carbonyl (C=O) groups is 2. The number of benzene rings is 2. The van der Waals surface area contributed by atoms with Crippen LogP contribution in [-0.4, -0.2) is 28.0 Å². The molecule has 2 aromatic carbocycles. The fourth-order valence-corrected chi connectivity index (χ4v) is 2.95. The molecule has 142 valence electrons. The first-order valence-corrected chi connectivity index (χ1v) is 8.87. The highest BCUT2D eigenvalue weighted by Crippen LogP contribution is 2.20. The molecule has 1 atom stereocenters. The number of amides is 1. The third-order valence-electron chi connectivity index (χ3n) is 4.35. The highest BCUT2D eigenvalue weighted by Gasteiger charge is 2.18. The first kappa shape index (κ1) is 19.1. The lowest BCUT2D eigenvalue weighted by atomic mass is 9.99. The molecule has 3 N–H and O–H groups in total. The lowest BCUT2D eigenvalue weighted by molar-refractivity contribution is -0.137. The van der Waals surface area contributed by atoms with Crippen LogP contribution in [-0.2, 0) is 11.2 Å². The molecule has 0 aliphatic rings. The van der Waals surface area contributed by atoms with Gasteiger partial charge in [-0.05, 0) is 29.2 Å². The van der Waals surface area contributed by atoms with Gasteiger partial charge in [-0.2, -0.15) is 0 Å². The molecular formula is C22H20N2O4. The molecule has 1 amide bonds. The van der Waals surface area contributed by atoms with Gasteiger partial charge in [0.15, 0.2) is 0 Å². The maximum atomic E-state index is 12.4. The van der Waals surface area contributed by atoms with E-state index in [-0.39, 0.29) is 17.5 Å². The number of aromatic amines is 1. The molecule has 6 nitrogen and oxygen atoms in total. The molecule has 0 fully saturated rings. The first-order valence-electron chi connectivity index (χ1n) is 8.87. The van der Waals surface area contributed by atoms with Crippen LogP contribution in [0.1, 0.15) is 22.3 Å². The second kappa shape index (κ2) is 8.81. The molecule has 0 aliphatic heterocycles. The van der Waals surface area contributed by atoms with Crippen molar-refractivity contribution in [3.63, 3.8) is 0 Å². The fraction of sp³-hybridized carbons (Fsp3) is 0.136. The van der Waals surface area contributed by atoms with Crippen LogP contribution >= 0.6 is 0 Å². The summed E-state index contributed by atoms with van der Waals surface area (Å²) in [6.07, 6.45) is 1.50. The van der Waals surface area contributed by atoms with Crippen LogP contribution in [0.15, 0.2) is 77.7 Å². The number of hydrogen-bond donors (Lipinski definition) is 3. The number of aromatic nitrogens is 1. The van der Waals surface area contributed by atoms with E-state index in [4.69, 9.17) is 0 Å². The van der Waals surface area contributed by atoms with Crippen molar-refractivity contribution in [3.05, 3.63) is 94.4 Å². The maximum Gasteiger partial charge on any atom is 0.305 e. The molecule has 0 unspecified atom stereocenters. The first-order chi connectivity index (χ1) is 13.5. The van der Waals surface area contributed by atoms with Crippen molar-refractivity contribution >= 4 is 11.9 Å². The Bertz CT molecular complexity index is 990. The van der Waals surface area contributed by atoms with Gasteiger partial charge in [0.05, 0.1) is 12.0 Å². The smallest absolute Gasteiger partial charge is 0.305 e. The van der Waals surface area contributed by atoms with Crippen molar-refractivity contribution < 1.29 is 14.7 Å². The predicted octanol–water partition coefficient (Wildman–Crippen LogP) is 2.86. The summed E-state index contributed by atoms with van der Waals surface area (Å²) in [6.45, 7) is 0. The van der Waals surface area contributed by atoms with Crippen molar-refractivity contribution in [3.8, 4) is 11.1 Å². The number of carboxylic acid groups (broad SMARTS) is 1. The van der Waals surface area contributed by atoms with Crippen molar-refractivity contribution in [2.45, 2.75) is 18.9 Å². The van der Waals surface area contributed by atoms with Gasteiger partial charge in [-0.1, -0.05) is 54.6 Å². The Morgan fingerprint density at radius 3 is 2.21 bits per heavy atom. The van der Waals surface area contributed by atoms with Crippen LogP contribution in [0.4, 0.5) is 0 Å². The zero-order chi connectivity index (χ0) is 19.9. The van der Waals surface area contributed by atoms with Crippen LogP contribution in [0.2, 0.25) is 0 Å². The summed E-state index contributed by atoms with van der Waals surface area (Å²) < 4.78 is 0. The molecule has 0 spiro atoms. The second-order valence-corrected chi connectivity index (χ2v) is 6.48. The van der Waals surface area contributed by atoms with E-state index in [0.717, 1.165) is 16.7 Å². The Hall–Kier alpha value is -3.67. The van der Waals surface area contributed by atoms with Gasteiger partial charge in [-0.15, -0.1) is 0 Å². The van der Waals surface area contributed by atoms with Gasteiger partial charge < -0.3 is 15.4 Å². The summed E-state index contributed by atoms with van der Waals surface area (Å²) in [5.74, 6) is -1.42. The number of rotatable bonds is 7. The number of H-pyrrole nitrogens is 1. The molecule has 1 heterocycles. The Morgan fingerprint density at radius 1 is 0.929 bits per heavy atom. The summed E-state index contributed by atoms with van der Waals surface area (Å²) >= 11 is 0. The molecule has 0 saturated carbocycles. The van der Waals surface area contributed by atoms with Gasteiger partial charge in [0.2, 0.25) is 5.56 Å². The number of aliphatic carboxylic acids is 1. The van der Waals surface area contributed by atoms with E-state index in [2.05, 4.69) is 10.3 Å². The van der Waals surface area contributed by atoms with E-state index >= 15 is 0 Å². The van der Waals surface area contributed by atoms with Crippen LogP contribution in [0, 0.1) is 0 Å². The van der Waals surface area contributed by atoms with Crippen molar-refractivity contribution in [2.75, 3.05) is 0 Å². The highest BCUT2D eigenvalue weighted by molar-refractivity contribution is 5.94. The van der Waals surface area contributed by atoms with Crippen LogP contribution in [0.3, 0.4) is 0 Å². The summed E-state index contributed by atoms with van der Waals surface area (Å²) in [6, 6.07) is 19.9. The standard InChI is InChI=1S/C22H20N2O4/c25-20-11-10-18(14-23-20)22(28)24-19(13-21(26)27)12-15-6-8-17(9-7-15)16-4-2-1-3-5-16/h1-11,14,19H,12-13H2,(H,23,25)(H,24,28)(H,26,27)/t19-/m1/s1. The van der Waals surface area contributed by atoms with Gasteiger partial charge in [-0.25, -0.2) is 0 Å². The number of hydrogen-bond acceptors (Lipinski definition) is 3. The lowest BCUT2D eigenvalue weighted by Gasteiger charge is -2.17. The van der Waals surface area contributed by atoms with Crippen LogP contribution < -0.4 is 10.9 Å². The van der Waals surface area contributed by atoms with Gasteiger partial charge in [0, 0.05) is 18.3 Å². The predicted molar refractivity (Wildman–Crippen MR) is 106 cm³/mol. The number of carboxylic acids is 1. The zero-order valence-electron chi connectivity index (χ0n) is 15.1. The van der Waals surface area contributed by atoms with E-state index in [1.165, 1.54) is 18.3 Å². The average molecular weight is 376 g/mol. The molecule has 0 bridgehead atoms. The number of nitrogens with one attached hydrogen (secondary N) is 2. The minimum atomic E-state index is -0.993. The molecule has 0 radical (unpaired) electrons. The normalized spacial score (nSPS) is 11.6. The monoisotopic (exact) mass is 376 g/mol.